The molecule has 0 atom stereocenters. The second-order valence-corrected chi connectivity index (χ2v) is 7.00. The summed E-state index contributed by atoms with van der Waals surface area (Å²) in [6.45, 7) is 0.612. The molecule has 0 radical (unpaired) electrons. The van der Waals surface area contributed by atoms with Gasteiger partial charge in [-0.25, -0.2) is 8.78 Å². The van der Waals surface area contributed by atoms with Crippen molar-refractivity contribution in [1.29, 1.82) is 0 Å². The van der Waals surface area contributed by atoms with Gasteiger partial charge in [0.1, 0.15) is 11.6 Å². The average Bonchev–Trinajstić information content (AvgIpc) is 2.72. The number of nitrogens with two attached hydrogens (primary N) is 1. The highest BCUT2D eigenvalue weighted by molar-refractivity contribution is 5.97. The molecule has 0 saturated carbocycles. The first kappa shape index (κ1) is 20.4. The normalized spacial score (nSPS) is 14.5. The molecule has 1 heterocycles. The zero-order valence-corrected chi connectivity index (χ0v) is 15.9. The summed E-state index contributed by atoms with van der Waals surface area (Å²) in [6, 6.07) is 9.27. The van der Waals surface area contributed by atoms with Crippen molar-refractivity contribution in [2.24, 2.45) is 11.7 Å². The minimum absolute atomic E-state index is 0.100. The second kappa shape index (κ2) is 8.38. The molecule has 0 aliphatic carbocycles. The monoisotopic (exact) mass is 401 g/mol. The predicted molar refractivity (Wildman–Crippen MR) is 103 cm³/mol. The van der Waals surface area contributed by atoms with E-state index in [4.69, 9.17) is 5.73 Å². The molecule has 3 amide bonds. The van der Waals surface area contributed by atoms with Crippen LogP contribution in [0.2, 0.25) is 0 Å². The number of rotatable bonds is 4. The molecule has 0 unspecified atom stereocenters. The number of piperidine rings is 1. The first-order valence-corrected chi connectivity index (χ1v) is 9.19. The zero-order valence-electron chi connectivity index (χ0n) is 15.9. The van der Waals surface area contributed by atoms with Crippen LogP contribution in [0.25, 0.3) is 0 Å². The molecule has 0 spiro atoms. The highest BCUT2D eigenvalue weighted by atomic mass is 19.1. The summed E-state index contributed by atoms with van der Waals surface area (Å²) in [7, 11) is 1.65. The third kappa shape index (κ3) is 4.42. The third-order valence-electron chi connectivity index (χ3n) is 5.16. The number of benzene rings is 2. The van der Waals surface area contributed by atoms with Gasteiger partial charge >= 0.3 is 0 Å². The van der Waals surface area contributed by atoms with Gasteiger partial charge in [-0.2, -0.15) is 0 Å². The molecule has 1 saturated heterocycles. The maximum absolute atomic E-state index is 13.9. The van der Waals surface area contributed by atoms with E-state index in [1.165, 1.54) is 9.80 Å². The summed E-state index contributed by atoms with van der Waals surface area (Å²) < 4.78 is 26.9. The van der Waals surface area contributed by atoms with Crippen LogP contribution in [0.3, 0.4) is 0 Å². The summed E-state index contributed by atoms with van der Waals surface area (Å²) in [6.07, 6.45) is 0.883. The number of hydrogen-bond donors (Lipinski definition) is 1. The highest BCUT2D eigenvalue weighted by Crippen LogP contribution is 2.24. The molecule has 3 rings (SSSR count). The zero-order chi connectivity index (χ0) is 21.1. The Morgan fingerprint density at radius 2 is 1.66 bits per heavy atom. The van der Waals surface area contributed by atoms with Gasteiger partial charge in [0.05, 0.1) is 5.56 Å². The fourth-order valence-corrected chi connectivity index (χ4v) is 3.41. The summed E-state index contributed by atoms with van der Waals surface area (Å²) >= 11 is 0. The molecular formula is C21H21F2N3O3. The fraction of sp³-hybridized carbons (Fsp3) is 0.286. The van der Waals surface area contributed by atoms with Crippen molar-refractivity contribution in [2.75, 3.05) is 25.0 Å². The van der Waals surface area contributed by atoms with E-state index in [-0.39, 0.29) is 17.4 Å². The van der Waals surface area contributed by atoms with Crippen LogP contribution in [0.5, 0.6) is 0 Å². The lowest BCUT2D eigenvalue weighted by atomic mass is 9.94. The van der Waals surface area contributed by atoms with E-state index < -0.39 is 23.4 Å². The van der Waals surface area contributed by atoms with Crippen molar-refractivity contribution in [3.8, 4) is 0 Å². The van der Waals surface area contributed by atoms with Crippen molar-refractivity contribution in [1.82, 2.24) is 4.90 Å². The number of anilines is 1. The van der Waals surface area contributed by atoms with E-state index in [2.05, 4.69) is 0 Å². The van der Waals surface area contributed by atoms with E-state index in [1.807, 2.05) is 0 Å². The molecule has 152 valence electrons. The molecule has 1 fully saturated rings. The van der Waals surface area contributed by atoms with E-state index in [9.17, 15) is 23.2 Å². The van der Waals surface area contributed by atoms with Crippen LogP contribution in [-0.4, -0.2) is 42.8 Å². The molecular weight excluding hydrogens is 380 g/mol. The van der Waals surface area contributed by atoms with Crippen LogP contribution in [0.15, 0.2) is 42.5 Å². The number of nitrogens with zero attached hydrogens (tertiary/aromatic N) is 2. The van der Waals surface area contributed by atoms with Gasteiger partial charge in [-0.3, -0.25) is 14.4 Å². The van der Waals surface area contributed by atoms with Crippen LogP contribution in [0.1, 0.15) is 33.6 Å². The van der Waals surface area contributed by atoms with E-state index >= 15 is 0 Å². The quantitative estimate of drug-likeness (QED) is 0.855. The molecule has 0 bridgehead atoms. The predicted octanol–water partition coefficient (Wildman–Crippen LogP) is 2.58. The van der Waals surface area contributed by atoms with Crippen molar-refractivity contribution in [3.63, 3.8) is 0 Å². The summed E-state index contributed by atoms with van der Waals surface area (Å²) in [5, 5.41) is 0. The third-order valence-corrected chi connectivity index (χ3v) is 5.16. The number of halogens is 2. The van der Waals surface area contributed by atoms with E-state index in [1.54, 1.807) is 31.3 Å². The highest BCUT2D eigenvalue weighted by Gasteiger charge is 2.30. The molecule has 2 aromatic rings. The van der Waals surface area contributed by atoms with Crippen molar-refractivity contribution >= 4 is 23.4 Å². The number of carbonyl (C=O) groups is 3. The Balaban J connectivity index is 1.61. The number of carbonyl (C=O) groups excluding carboxylic acids is 3. The Kier molecular flexibility index (Phi) is 5.91. The number of hydrogen-bond acceptors (Lipinski definition) is 3. The molecule has 0 aromatic heterocycles. The maximum Gasteiger partial charge on any atom is 0.256 e. The Labute approximate surface area is 166 Å². The first-order chi connectivity index (χ1) is 13.8. The minimum Gasteiger partial charge on any atom is -0.366 e. The SMILES string of the molecule is CN(C(=O)C1CCN(C(=O)c2ccc(F)cc2F)CC1)c1ccc(C(N)=O)cc1. The molecule has 2 aromatic carbocycles. The van der Waals surface area contributed by atoms with Crippen LogP contribution in [0.4, 0.5) is 14.5 Å². The minimum atomic E-state index is -0.896. The number of primary amides is 1. The summed E-state index contributed by atoms with van der Waals surface area (Å²) in [5.74, 6) is -3.07. The lowest BCUT2D eigenvalue weighted by Crippen LogP contribution is -2.43. The van der Waals surface area contributed by atoms with Gasteiger partial charge in [0.2, 0.25) is 11.8 Å². The van der Waals surface area contributed by atoms with Crippen LogP contribution in [-0.2, 0) is 4.79 Å². The first-order valence-electron chi connectivity index (χ1n) is 9.19. The van der Waals surface area contributed by atoms with Crippen LogP contribution < -0.4 is 10.6 Å². The van der Waals surface area contributed by atoms with Gasteiger partial charge in [-0.05, 0) is 49.2 Å². The molecule has 2 N–H and O–H groups in total. The topological polar surface area (TPSA) is 83.7 Å². The van der Waals surface area contributed by atoms with E-state index in [0.717, 1.165) is 12.1 Å². The lowest BCUT2D eigenvalue weighted by Gasteiger charge is -2.33. The smallest absolute Gasteiger partial charge is 0.256 e. The van der Waals surface area contributed by atoms with Crippen LogP contribution >= 0.6 is 0 Å². The Morgan fingerprint density at radius 1 is 1.03 bits per heavy atom. The largest absolute Gasteiger partial charge is 0.366 e. The van der Waals surface area contributed by atoms with Gasteiger partial charge in [0.15, 0.2) is 0 Å². The molecule has 1 aliphatic heterocycles. The van der Waals surface area contributed by atoms with Crippen LogP contribution in [0, 0.1) is 17.6 Å². The van der Waals surface area contributed by atoms with Gasteiger partial charge < -0.3 is 15.5 Å². The second-order valence-electron chi connectivity index (χ2n) is 7.00. The van der Waals surface area contributed by atoms with Gasteiger partial charge in [0.25, 0.3) is 5.91 Å². The molecule has 6 nitrogen and oxygen atoms in total. The lowest BCUT2D eigenvalue weighted by molar-refractivity contribution is -0.123. The van der Waals surface area contributed by atoms with Crippen molar-refractivity contribution < 1.29 is 23.2 Å². The van der Waals surface area contributed by atoms with Gasteiger partial charge in [-0.15, -0.1) is 0 Å². The number of likely N-dealkylation sites (tertiary alicyclic amines) is 1. The van der Waals surface area contributed by atoms with Gasteiger partial charge in [0, 0.05) is 43.4 Å². The fourth-order valence-electron chi connectivity index (χ4n) is 3.41. The molecule has 1 aliphatic rings. The van der Waals surface area contributed by atoms with Crippen molar-refractivity contribution in [2.45, 2.75) is 12.8 Å². The Morgan fingerprint density at radius 3 is 2.21 bits per heavy atom. The molecule has 29 heavy (non-hydrogen) atoms. The number of amides is 3. The van der Waals surface area contributed by atoms with E-state index in [0.29, 0.717) is 43.2 Å². The standard InChI is InChI=1S/C21H21F2N3O3/c1-25(16-5-2-13(3-6-16)19(24)27)20(28)14-8-10-26(11-9-14)21(29)17-7-4-15(22)12-18(17)23/h2-7,12,14H,8-11H2,1H3,(H2,24,27). The summed E-state index contributed by atoms with van der Waals surface area (Å²) in [4.78, 5) is 39.4. The Hall–Kier alpha value is -3.29. The molecule has 8 heteroatoms. The van der Waals surface area contributed by atoms with Crippen molar-refractivity contribution in [3.05, 3.63) is 65.2 Å². The maximum atomic E-state index is 13.9. The Bertz CT molecular complexity index is 939. The summed E-state index contributed by atoms with van der Waals surface area (Å²) in [5.41, 5.74) is 6.03. The van der Waals surface area contributed by atoms with Gasteiger partial charge in [-0.1, -0.05) is 0 Å². The average molecular weight is 401 g/mol.